The molecule has 0 radical (unpaired) electrons. The van der Waals surface area contributed by atoms with Crippen LogP contribution >= 0.6 is 11.8 Å². The number of nitrogens with one attached hydrogen (secondary N) is 1. The molecule has 0 aromatic rings. The van der Waals surface area contributed by atoms with E-state index in [2.05, 4.69) is 5.32 Å². The molecule has 4 atom stereocenters. The van der Waals surface area contributed by atoms with Crippen molar-refractivity contribution in [2.45, 2.75) is 110 Å². The van der Waals surface area contributed by atoms with Gasteiger partial charge in [0.2, 0.25) is 23.4 Å². The summed E-state index contributed by atoms with van der Waals surface area (Å²) in [5.41, 5.74) is 20.2. The molecule has 0 heterocycles. The summed E-state index contributed by atoms with van der Waals surface area (Å²) in [6.07, 6.45) is 2.07. The van der Waals surface area contributed by atoms with Crippen molar-refractivity contribution in [1.29, 1.82) is 0 Å². The number of carbonyl (C=O) groups is 11. The maximum atomic E-state index is 11.4. The first-order valence-electron chi connectivity index (χ1n) is 16.5. The Morgan fingerprint density at radius 1 is 0.554 bits per heavy atom. The molecule has 24 heteroatoms. The third kappa shape index (κ3) is 45.0. The number of ketones is 2. The summed E-state index contributed by atoms with van der Waals surface area (Å²) in [6.45, 7) is 7.31. The smallest absolute Gasteiger partial charge is 0.372 e. The lowest BCUT2D eigenvalue weighted by molar-refractivity contribution is -0.150. The molecule has 56 heavy (non-hydrogen) atoms. The zero-order valence-corrected chi connectivity index (χ0v) is 32.7. The van der Waals surface area contributed by atoms with Gasteiger partial charge in [-0.1, -0.05) is 27.7 Å². The van der Waals surface area contributed by atoms with E-state index in [0.29, 0.717) is 12.8 Å². The zero-order chi connectivity index (χ0) is 45.3. The van der Waals surface area contributed by atoms with Crippen LogP contribution in [0.15, 0.2) is 0 Å². The first-order chi connectivity index (χ1) is 25.5. The molecule has 0 aliphatic rings. The SMILES string of the molecule is CC(C)CC(=O)C(=O)O.CC(C)CC(NC(=O)CCC(N)C(=O)O)C(=O)O.CSCCC(N)C(=O)O.NC(=O)CCC(N)C(=O)O.O=C(O)CCC(=O)C(=O)O. The molecule has 0 saturated heterocycles. The second-order valence-corrected chi connectivity index (χ2v) is 13.2. The van der Waals surface area contributed by atoms with E-state index in [1.165, 1.54) is 0 Å². The summed E-state index contributed by atoms with van der Waals surface area (Å²) in [6, 6.07) is -3.72. The fourth-order valence-electron chi connectivity index (χ4n) is 2.94. The number of carboxylic acid groups (broad SMARTS) is 7. The summed E-state index contributed by atoms with van der Waals surface area (Å²) in [5, 5.41) is 60.3. The summed E-state index contributed by atoms with van der Waals surface area (Å²) in [5.74, 6) is -10.1. The molecule has 324 valence electrons. The maximum absolute atomic E-state index is 11.4. The van der Waals surface area contributed by atoms with E-state index in [-0.39, 0.29) is 43.9 Å². The van der Waals surface area contributed by atoms with Crippen LogP contribution in [-0.4, -0.2) is 137 Å². The Bertz CT molecular complexity index is 1290. The Labute approximate surface area is 326 Å². The average molecular weight is 832 g/mol. The van der Waals surface area contributed by atoms with Crippen molar-refractivity contribution in [3.05, 3.63) is 0 Å². The fourth-order valence-corrected chi connectivity index (χ4v) is 3.43. The van der Waals surface area contributed by atoms with E-state index >= 15 is 0 Å². The molecule has 0 saturated carbocycles. The van der Waals surface area contributed by atoms with Crippen LogP contribution < -0.4 is 28.3 Å². The van der Waals surface area contributed by atoms with E-state index < -0.39 is 102 Å². The van der Waals surface area contributed by atoms with E-state index in [9.17, 15) is 52.7 Å². The van der Waals surface area contributed by atoms with Gasteiger partial charge in [-0.25, -0.2) is 14.4 Å². The fraction of sp³-hybridized carbons (Fsp3) is 0.656. The first kappa shape index (κ1) is 60.1. The topological polar surface area (TPSA) is 445 Å². The third-order valence-corrected chi connectivity index (χ3v) is 6.59. The molecule has 0 rings (SSSR count). The number of nitrogens with two attached hydrogens (primary N) is 4. The standard InChI is InChI=1S/C11H20N2O5.C6H10O3.C5H10N2O3.C5H11NO2S.C5H6O5/c1-6(2)5-8(11(17)18)13-9(14)4-3-7(12)10(15)16;1-4(2)3-5(7)6(8)9;6-3(5(9)10)1-2-4(7)8;1-9-3-2-4(6)5(7)8;6-3(5(9)10)1-2-4(7)8/h6-8H,3-5,12H2,1-2H3,(H,13,14)(H,15,16)(H,17,18);4H,3H2,1-2H3,(H,8,9);3H,1-2,6H2,(H2,7,8)(H,9,10);4H,2-3,6H2,1H3,(H,7,8);1-2H2,(H,7,8)(H,9,10). The van der Waals surface area contributed by atoms with Crippen LogP contribution in [0, 0.1) is 11.8 Å². The van der Waals surface area contributed by atoms with Crippen LogP contribution in [0.25, 0.3) is 0 Å². The first-order valence-corrected chi connectivity index (χ1v) is 17.9. The van der Waals surface area contributed by atoms with Gasteiger partial charge in [-0.05, 0) is 49.5 Å². The summed E-state index contributed by atoms with van der Waals surface area (Å²) < 4.78 is 0. The summed E-state index contributed by atoms with van der Waals surface area (Å²) in [7, 11) is 0. The highest BCUT2D eigenvalue weighted by atomic mass is 32.2. The minimum Gasteiger partial charge on any atom is -0.481 e. The molecule has 0 aliphatic heterocycles. The van der Waals surface area contributed by atoms with Crippen LogP contribution in [-0.2, 0) is 52.7 Å². The van der Waals surface area contributed by atoms with Crippen molar-refractivity contribution < 1.29 is 88.5 Å². The lowest BCUT2D eigenvalue weighted by Crippen LogP contribution is -2.42. The second kappa shape index (κ2) is 35.5. The number of rotatable bonds is 23. The second-order valence-electron chi connectivity index (χ2n) is 12.2. The normalized spacial score (nSPS) is 12.0. The van der Waals surface area contributed by atoms with E-state index in [1.54, 1.807) is 25.6 Å². The minimum absolute atomic E-state index is 0.0187. The molecule has 16 N–H and O–H groups in total. The van der Waals surface area contributed by atoms with Crippen molar-refractivity contribution in [3.8, 4) is 0 Å². The van der Waals surface area contributed by atoms with Crippen molar-refractivity contribution in [1.82, 2.24) is 5.32 Å². The van der Waals surface area contributed by atoms with Crippen LogP contribution in [0.1, 0.15) is 85.5 Å². The molecule has 4 unspecified atom stereocenters. The van der Waals surface area contributed by atoms with Crippen molar-refractivity contribution in [2.24, 2.45) is 34.8 Å². The third-order valence-electron chi connectivity index (χ3n) is 5.95. The van der Waals surface area contributed by atoms with Gasteiger partial charge in [0, 0.05) is 25.7 Å². The van der Waals surface area contributed by atoms with Gasteiger partial charge in [0.1, 0.15) is 24.2 Å². The summed E-state index contributed by atoms with van der Waals surface area (Å²) in [4.78, 5) is 113. The number of amides is 2. The van der Waals surface area contributed by atoms with Gasteiger partial charge in [-0.15, -0.1) is 0 Å². The predicted octanol–water partition coefficient (Wildman–Crippen LogP) is -1.20. The van der Waals surface area contributed by atoms with E-state index in [0.717, 1.165) is 5.75 Å². The highest BCUT2D eigenvalue weighted by Gasteiger charge is 2.22. The number of carboxylic acids is 7. The molecule has 0 fully saturated rings. The van der Waals surface area contributed by atoms with Crippen LogP contribution in [0.4, 0.5) is 0 Å². The number of hydrogen-bond donors (Lipinski definition) is 12. The van der Waals surface area contributed by atoms with Crippen molar-refractivity contribution in [2.75, 3.05) is 12.0 Å². The number of carbonyl (C=O) groups excluding carboxylic acids is 4. The Kier molecular flexibility index (Phi) is 38.1. The molecule has 0 aliphatic carbocycles. The minimum atomic E-state index is -1.58. The molecule has 0 aromatic carbocycles. The lowest BCUT2D eigenvalue weighted by Gasteiger charge is -2.16. The summed E-state index contributed by atoms with van der Waals surface area (Å²) >= 11 is 1.60. The number of aliphatic carboxylic acids is 7. The van der Waals surface area contributed by atoms with E-state index in [4.69, 9.17) is 58.7 Å². The van der Waals surface area contributed by atoms with Gasteiger partial charge < -0.3 is 64.0 Å². The van der Waals surface area contributed by atoms with Gasteiger partial charge in [-0.3, -0.25) is 38.4 Å². The number of thioether (sulfide) groups is 1. The molecule has 23 nitrogen and oxygen atoms in total. The number of primary amides is 1. The molecular weight excluding hydrogens is 774 g/mol. The Balaban J connectivity index is -0.000000200. The van der Waals surface area contributed by atoms with Crippen molar-refractivity contribution >= 4 is 76.9 Å². The van der Waals surface area contributed by atoms with Gasteiger partial charge in [0.15, 0.2) is 0 Å². The van der Waals surface area contributed by atoms with Crippen LogP contribution in [0.2, 0.25) is 0 Å². The predicted molar refractivity (Wildman–Crippen MR) is 198 cm³/mol. The van der Waals surface area contributed by atoms with Gasteiger partial charge >= 0.3 is 41.8 Å². The Hall–Kier alpha value is -5.20. The van der Waals surface area contributed by atoms with Crippen molar-refractivity contribution in [3.63, 3.8) is 0 Å². The van der Waals surface area contributed by atoms with Gasteiger partial charge in [0.25, 0.3) is 0 Å². The largest absolute Gasteiger partial charge is 0.481 e. The highest BCUT2D eigenvalue weighted by Crippen LogP contribution is 2.06. The number of Topliss-reactive ketones (excluding diaryl/α,β-unsaturated/α-hetero) is 2. The average Bonchev–Trinajstić information content (AvgIpc) is 3.07. The monoisotopic (exact) mass is 831 g/mol. The highest BCUT2D eigenvalue weighted by molar-refractivity contribution is 7.98. The molecule has 0 aromatic heterocycles. The van der Waals surface area contributed by atoms with Crippen LogP contribution in [0.5, 0.6) is 0 Å². The maximum Gasteiger partial charge on any atom is 0.372 e. The molecule has 2 amide bonds. The molecule has 0 spiro atoms. The zero-order valence-electron chi connectivity index (χ0n) is 31.9. The lowest BCUT2D eigenvalue weighted by atomic mass is 10.0. The van der Waals surface area contributed by atoms with E-state index in [1.807, 2.05) is 20.1 Å². The number of hydrogen-bond acceptors (Lipinski definition) is 15. The van der Waals surface area contributed by atoms with Crippen LogP contribution in [0.3, 0.4) is 0 Å². The van der Waals surface area contributed by atoms with Gasteiger partial charge in [0.05, 0.1) is 6.42 Å². The Morgan fingerprint density at radius 3 is 1.25 bits per heavy atom. The molecular formula is C32H57N5O18S. The van der Waals surface area contributed by atoms with Gasteiger partial charge in [-0.2, -0.15) is 11.8 Å². The molecule has 0 bridgehead atoms. The quantitative estimate of drug-likeness (QED) is 0.0538. The Morgan fingerprint density at radius 2 is 0.964 bits per heavy atom.